The van der Waals surface area contributed by atoms with Crippen LogP contribution in [0.1, 0.15) is 60.2 Å². The molecule has 0 aliphatic carbocycles. The smallest absolute Gasteiger partial charge is 0.304 e. The van der Waals surface area contributed by atoms with Crippen molar-refractivity contribution in [3.8, 4) is 0 Å². The van der Waals surface area contributed by atoms with E-state index in [2.05, 4.69) is 20.2 Å². The Morgan fingerprint density at radius 2 is 2.00 bits per heavy atom. The maximum absolute atomic E-state index is 13.9. The van der Waals surface area contributed by atoms with Crippen molar-refractivity contribution in [2.75, 3.05) is 18.0 Å². The molecular weight excluding hydrogens is 542 g/mol. The summed E-state index contributed by atoms with van der Waals surface area (Å²) in [6.45, 7) is 7.70. The van der Waals surface area contributed by atoms with Crippen LogP contribution < -0.4 is 4.90 Å². The van der Waals surface area contributed by atoms with Crippen molar-refractivity contribution in [1.82, 2.24) is 29.3 Å². The quantitative estimate of drug-likeness (QED) is 0.350. The SMILES string of the molecule is CCn1nnc2c(C)c([C@@H](CC(=O)O)c3ccc(C)c(CN4C[C@H]5CCCN5c5ncccc5S4(=O)=O)n3)ccc21. The molecule has 1 aromatic carbocycles. The van der Waals surface area contributed by atoms with Gasteiger partial charge in [-0.25, -0.2) is 18.1 Å². The van der Waals surface area contributed by atoms with Gasteiger partial charge < -0.3 is 10.0 Å². The molecule has 2 aliphatic heterocycles. The third-order valence-electron chi connectivity index (χ3n) is 8.37. The highest BCUT2D eigenvalue weighted by Crippen LogP contribution is 2.37. The van der Waals surface area contributed by atoms with Crippen molar-refractivity contribution in [3.63, 3.8) is 0 Å². The predicted molar refractivity (Wildman–Crippen MR) is 153 cm³/mol. The van der Waals surface area contributed by atoms with Crippen LogP contribution in [0.4, 0.5) is 5.82 Å². The molecule has 5 heterocycles. The summed E-state index contributed by atoms with van der Waals surface area (Å²) in [4.78, 5) is 23.7. The molecule has 1 fully saturated rings. The number of sulfonamides is 1. The molecule has 0 unspecified atom stereocenters. The summed E-state index contributed by atoms with van der Waals surface area (Å²) in [5.74, 6) is -0.974. The van der Waals surface area contributed by atoms with Gasteiger partial charge in [0.25, 0.3) is 0 Å². The predicted octanol–water partition coefficient (Wildman–Crippen LogP) is 3.64. The molecule has 1 N–H and O–H groups in total. The van der Waals surface area contributed by atoms with Crippen LogP contribution in [0, 0.1) is 13.8 Å². The highest BCUT2D eigenvalue weighted by atomic mass is 32.2. The fraction of sp³-hybridized carbons (Fsp3) is 0.414. The highest BCUT2D eigenvalue weighted by Gasteiger charge is 2.40. The Balaban J connectivity index is 1.40. The first kappa shape index (κ1) is 27.3. The number of rotatable bonds is 7. The Morgan fingerprint density at radius 3 is 2.78 bits per heavy atom. The van der Waals surface area contributed by atoms with E-state index >= 15 is 0 Å². The van der Waals surface area contributed by atoms with Crippen molar-refractivity contribution in [1.29, 1.82) is 0 Å². The first-order chi connectivity index (χ1) is 19.7. The number of nitrogens with zero attached hydrogens (tertiary/aromatic N) is 7. The van der Waals surface area contributed by atoms with E-state index in [0.717, 1.165) is 47.1 Å². The number of carbonyl (C=O) groups is 1. The summed E-state index contributed by atoms with van der Waals surface area (Å²) in [5.41, 5.74) is 5.32. The molecule has 4 aromatic rings. The molecule has 0 radical (unpaired) electrons. The van der Waals surface area contributed by atoms with Crippen molar-refractivity contribution in [2.45, 2.75) is 70.0 Å². The Bertz CT molecular complexity index is 1750. The number of benzene rings is 1. The maximum Gasteiger partial charge on any atom is 0.304 e. The van der Waals surface area contributed by atoms with Gasteiger partial charge in [-0.15, -0.1) is 5.10 Å². The number of pyridine rings is 2. The zero-order valence-electron chi connectivity index (χ0n) is 23.4. The third-order valence-corrected chi connectivity index (χ3v) is 10.2. The molecule has 0 saturated carbocycles. The minimum atomic E-state index is -3.83. The fourth-order valence-electron chi connectivity index (χ4n) is 6.18. The molecule has 0 spiro atoms. The summed E-state index contributed by atoms with van der Waals surface area (Å²) in [7, 11) is -3.83. The zero-order chi connectivity index (χ0) is 28.9. The number of hydrogen-bond donors (Lipinski definition) is 1. The molecule has 3 aromatic heterocycles. The van der Waals surface area contributed by atoms with Gasteiger partial charge in [0.1, 0.15) is 16.2 Å². The zero-order valence-corrected chi connectivity index (χ0v) is 24.2. The summed E-state index contributed by atoms with van der Waals surface area (Å²) < 4.78 is 31.1. The van der Waals surface area contributed by atoms with Gasteiger partial charge in [0.15, 0.2) is 0 Å². The van der Waals surface area contributed by atoms with Gasteiger partial charge in [-0.3, -0.25) is 9.78 Å². The maximum atomic E-state index is 13.9. The molecule has 11 nitrogen and oxygen atoms in total. The van der Waals surface area contributed by atoms with Crippen molar-refractivity contribution in [2.24, 2.45) is 0 Å². The topological polar surface area (TPSA) is 134 Å². The van der Waals surface area contributed by atoms with E-state index in [9.17, 15) is 18.3 Å². The normalized spacial score (nSPS) is 19.1. The monoisotopic (exact) mass is 575 g/mol. The van der Waals surface area contributed by atoms with E-state index in [-0.39, 0.29) is 23.9 Å². The fourth-order valence-corrected chi connectivity index (χ4v) is 7.77. The average Bonchev–Trinajstić information content (AvgIpc) is 3.58. The van der Waals surface area contributed by atoms with Crippen LogP contribution in [0.15, 0.2) is 47.5 Å². The van der Waals surface area contributed by atoms with Crippen LogP contribution >= 0.6 is 0 Å². The second-order valence-electron chi connectivity index (χ2n) is 10.8. The Hall–Kier alpha value is -3.90. The number of anilines is 1. The van der Waals surface area contributed by atoms with E-state index in [1.807, 2.05) is 45.0 Å². The van der Waals surface area contributed by atoms with Crippen molar-refractivity contribution >= 4 is 32.8 Å². The number of aliphatic carboxylic acids is 1. The van der Waals surface area contributed by atoms with Crippen LogP contribution in [-0.2, 0) is 27.9 Å². The van der Waals surface area contributed by atoms with Gasteiger partial charge in [0.05, 0.1) is 24.2 Å². The van der Waals surface area contributed by atoms with Gasteiger partial charge >= 0.3 is 5.97 Å². The molecule has 0 amide bonds. The van der Waals surface area contributed by atoms with E-state index in [1.165, 1.54) is 4.31 Å². The molecule has 214 valence electrons. The molecule has 2 aliphatic rings. The minimum absolute atomic E-state index is 0.0371. The van der Waals surface area contributed by atoms with E-state index < -0.39 is 21.9 Å². The van der Waals surface area contributed by atoms with Crippen molar-refractivity contribution in [3.05, 3.63) is 70.7 Å². The number of carboxylic acid groups (broad SMARTS) is 1. The van der Waals surface area contributed by atoms with Crippen LogP contribution in [0.2, 0.25) is 0 Å². The number of carboxylic acids is 1. The third kappa shape index (κ3) is 4.74. The Kier molecular flexibility index (Phi) is 6.98. The molecule has 12 heteroatoms. The lowest BCUT2D eigenvalue weighted by Crippen LogP contribution is -2.39. The van der Waals surface area contributed by atoms with Gasteiger partial charge in [0.2, 0.25) is 10.0 Å². The number of fused-ring (bicyclic) bond motifs is 4. The molecule has 41 heavy (non-hydrogen) atoms. The number of aromatic nitrogens is 5. The second-order valence-corrected chi connectivity index (χ2v) is 12.7. The standard InChI is InChI=1S/C29H33N7O4S/c1-4-36-25-12-10-21(19(3)28(25)32-33-36)22(15-27(37)38)23-11-9-18(2)24(31-23)17-34-16-20-7-6-14-35(20)29-26(41(34,39)40)8-5-13-30-29/h5,8-13,20,22H,4,6-7,14-17H2,1-3H3,(H,37,38)/t20-,22-/m1/s1. The van der Waals surface area contributed by atoms with Gasteiger partial charge in [0, 0.05) is 43.5 Å². The average molecular weight is 576 g/mol. The molecule has 1 saturated heterocycles. The molecule has 0 bridgehead atoms. The number of aryl methyl sites for hydroxylation is 3. The Morgan fingerprint density at radius 1 is 1.17 bits per heavy atom. The van der Waals surface area contributed by atoms with Crippen molar-refractivity contribution < 1.29 is 18.3 Å². The van der Waals surface area contributed by atoms with Crippen LogP contribution in [0.5, 0.6) is 0 Å². The largest absolute Gasteiger partial charge is 0.481 e. The van der Waals surface area contributed by atoms with Gasteiger partial charge in [-0.1, -0.05) is 17.3 Å². The summed E-state index contributed by atoms with van der Waals surface area (Å²) >= 11 is 0. The lowest BCUT2D eigenvalue weighted by atomic mass is 9.88. The number of hydrogen-bond acceptors (Lipinski definition) is 8. The minimum Gasteiger partial charge on any atom is -0.481 e. The van der Waals surface area contributed by atoms with E-state index in [1.54, 1.807) is 23.0 Å². The lowest BCUT2D eigenvalue weighted by molar-refractivity contribution is -0.137. The summed E-state index contributed by atoms with van der Waals surface area (Å²) in [6.07, 6.45) is 3.34. The van der Waals surface area contributed by atoms with Crippen LogP contribution in [0.3, 0.4) is 0 Å². The van der Waals surface area contributed by atoms with Gasteiger partial charge in [-0.05, 0) is 74.6 Å². The van der Waals surface area contributed by atoms with Crippen LogP contribution in [-0.4, -0.2) is 67.9 Å². The highest BCUT2D eigenvalue weighted by molar-refractivity contribution is 7.89. The summed E-state index contributed by atoms with van der Waals surface area (Å²) in [6, 6.07) is 10.9. The molecule has 6 rings (SSSR count). The first-order valence-electron chi connectivity index (χ1n) is 13.9. The second kappa shape index (κ2) is 10.5. The lowest BCUT2D eigenvalue weighted by Gasteiger charge is -2.26. The van der Waals surface area contributed by atoms with E-state index in [4.69, 9.17) is 4.98 Å². The molecular formula is C29H33N7O4S. The van der Waals surface area contributed by atoms with Gasteiger partial charge in [-0.2, -0.15) is 4.31 Å². The van der Waals surface area contributed by atoms with E-state index in [0.29, 0.717) is 30.3 Å². The Labute approximate surface area is 238 Å². The molecule has 2 atom stereocenters. The summed E-state index contributed by atoms with van der Waals surface area (Å²) in [5, 5.41) is 18.4. The van der Waals surface area contributed by atoms with Crippen LogP contribution in [0.25, 0.3) is 11.0 Å². The first-order valence-corrected chi connectivity index (χ1v) is 15.4.